The van der Waals surface area contributed by atoms with Crippen molar-refractivity contribution in [3.05, 3.63) is 40.9 Å². The molecule has 0 saturated heterocycles. The molecule has 1 aromatic rings. The van der Waals surface area contributed by atoms with Crippen molar-refractivity contribution in [3.8, 4) is 0 Å². The Labute approximate surface area is 76.7 Å². The molecule has 0 aromatic heterocycles. The number of rotatable bonds is 2. The molecule has 0 fully saturated rings. The fourth-order valence-corrected chi connectivity index (χ4v) is 1.18. The van der Waals surface area contributed by atoms with Gasteiger partial charge in [0.2, 0.25) is 0 Å². The molecule has 1 aromatic carbocycles. The summed E-state index contributed by atoms with van der Waals surface area (Å²) >= 11 is 5.73. The van der Waals surface area contributed by atoms with Gasteiger partial charge in [-0.25, -0.2) is 0 Å². The van der Waals surface area contributed by atoms with E-state index in [0.29, 0.717) is 10.6 Å². The Bertz CT molecular complexity index is 329. The zero-order valence-electron chi connectivity index (χ0n) is 6.80. The molecule has 0 N–H and O–H groups in total. The molecule has 0 aliphatic rings. The molecule has 0 spiro atoms. The number of ketones is 1. The molecule has 0 bridgehead atoms. The smallest absolute Gasteiger partial charge is 0.160 e. The van der Waals surface area contributed by atoms with Crippen LogP contribution in [0.3, 0.4) is 0 Å². The minimum absolute atomic E-state index is 0.00685. The maximum atomic E-state index is 11.1. The van der Waals surface area contributed by atoms with Crippen molar-refractivity contribution in [1.29, 1.82) is 0 Å². The Balaban J connectivity index is 3.30. The van der Waals surface area contributed by atoms with Crippen LogP contribution in [0.25, 0.3) is 6.08 Å². The van der Waals surface area contributed by atoms with Crippen molar-refractivity contribution < 1.29 is 4.79 Å². The predicted molar refractivity (Wildman–Crippen MR) is 51.5 cm³/mol. The molecule has 1 rings (SSSR count). The summed E-state index contributed by atoms with van der Waals surface area (Å²) in [4.78, 5) is 11.1. The van der Waals surface area contributed by atoms with Gasteiger partial charge in [0.1, 0.15) is 0 Å². The number of halogens is 1. The van der Waals surface area contributed by atoms with Gasteiger partial charge in [0.25, 0.3) is 0 Å². The zero-order chi connectivity index (χ0) is 9.14. The standard InChI is InChI=1S/C10H9ClO/c1-3-8-4-5-9(11)6-10(8)7(2)12/h3-6H,1H2,2H3. The average Bonchev–Trinajstić information content (AvgIpc) is 2.04. The van der Waals surface area contributed by atoms with Crippen LogP contribution < -0.4 is 0 Å². The molecule has 0 atom stereocenters. The number of hydrogen-bond donors (Lipinski definition) is 0. The second-order valence-corrected chi connectivity index (χ2v) is 2.93. The van der Waals surface area contributed by atoms with Gasteiger partial charge in [-0.15, -0.1) is 0 Å². The quantitative estimate of drug-likeness (QED) is 0.639. The Kier molecular flexibility index (Phi) is 2.66. The van der Waals surface area contributed by atoms with Crippen LogP contribution in [-0.4, -0.2) is 5.78 Å². The number of hydrogen-bond acceptors (Lipinski definition) is 1. The first kappa shape index (κ1) is 9.01. The van der Waals surface area contributed by atoms with Gasteiger partial charge in [-0.2, -0.15) is 0 Å². The normalized spacial score (nSPS) is 9.50. The second-order valence-electron chi connectivity index (χ2n) is 2.49. The van der Waals surface area contributed by atoms with E-state index in [4.69, 9.17) is 11.6 Å². The summed E-state index contributed by atoms with van der Waals surface area (Å²) in [5, 5.41) is 0.575. The lowest BCUT2D eigenvalue weighted by Gasteiger charge is -2.01. The van der Waals surface area contributed by atoms with Crippen LogP contribution in [0.5, 0.6) is 0 Å². The molecule has 12 heavy (non-hydrogen) atoms. The monoisotopic (exact) mass is 180 g/mol. The van der Waals surface area contributed by atoms with Gasteiger partial charge < -0.3 is 0 Å². The van der Waals surface area contributed by atoms with Crippen molar-refractivity contribution >= 4 is 23.5 Å². The molecule has 1 nitrogen and oxygen atoms in total. The maximum Gasteiger partial charge on any atom is 0.160 e. The summed E-state index contributed by atoms with van der Waals surface area (Å²) in [5.74, 6) is 0.00685. The Hall–Kier alpha value is -1.08. The highest BCUT2D eigenvalue weighted by Gasteiger charge is 2.04. The van der Waals surface area contributed by atoms with Crippen molar-refractivity contribution in [2.45, 2.75) is 6.92 Å². The molecule has 0 unspecified atom stereocenters. The first-order chi connectivity index (χ1) is 5.65. The van der Waals surface area contributed by atoms with E-state index in [1.807, 2.05) is 0 Å². The molecule has 0 amide bonds. The molecule has 0 aliphatic carbocycles. The van der Waals surface area contributed by atoms with E-state index < -0.39 is 0 Å². The van der Waals surface area contributed by atoms with Crippen molar-refractivity contribution in [1.82, 2.24) is 0 Å². The molecule has 0 radical (unpaired) electrons. The third kappa shape index (κ3) is 1.74. The van der Waals surface area contributed by atoms with Gasteiger partial charge in [-0.1, -0.05) is 30.3 Å². The lowest BCUT2D eigenvalue weighted by Crippen LogP contribution is -1.95. The van der Waals surface area contributed by atoms with Crippen LogP contribution in [0, 0.1) is 0 Å². The number of benzene rings is 1. The highest BCUT2D eigenvalue weighted by atomic mass is 35.5. The third-order valence-corrected chi connectivity index (χ3v) is 1.85. The summed E-state index contributed by atoms with van der Waals surface area (Å²) in [7, 11) is 0. The lowest BCUT2D eigenvalue weighted by molar-refractivity contribution is 0.101. The minimum Gasteiger partial charge on any atom is -0.294 e. The SMILES string of the molecule is C=Cc1ccc(Cl)cc1C(C)=O. The highest BCUT2D eigenvalue weighted by Crippen LogP contribution is 2.17. The van der Waals surface area contributed by atoms with Crippen LogP contribution in [0.2, 0.25) is 5.02 Å². The minimum atomic E-state index is 0.00685. The fraction of sp³-hybridized carbons (Fsp3) is 0.100. The summed E-state index contributed by atoms with van der Waals surface area (Å²) in [6, 6.07) is 5.18. The van der Waals surface area contributed by atoms with E-state index in [1.165, 1.54) is 6.92 Å². The van der Waals surface area contributed by atoms with Gasteiger partial charge in [0.15, 0.2) is 5.78 Å². The lowest BCUT2D eigenvalue weighted by atomic mass is 10.0. The molecule has 0 heterocycles. The van der Waals surface area contributed by atoms with Gasteiger partial charge in [0, 0.05) is 10.6 Å². The average molecular weight is 181 g/mol. The largest absolute Gasteiger partial charge is 0.294 e. The van der Waals surface area contributed by atoms with Crippen LogP contribution in [0.1, 0.15) is 22.8 Å². The summed E-state index contributed by atoms with van der Waals surface area (Å²) in [6.07, 6.45) is 1.65. The fourth-order valence-electron chi connectivity index (χ4n) is 1.01. The van der Waals surface area contributed by atoms with Crippen LogP contribution >= 0.6 is 11.6 Å². The number of carbonyl (C=O) groups is 1. The van der Waals surface area contributed by atoms with E-state index in [1.54, 1.807) is 24.3 Å². The molecule has 0 aliphatic heterocycles. The highest BCUT2D eigenvalue weighted by molar-refractivity contribution is 6.31. The molecular formula is C10H9ClO. The number of carbonyl (C=O) groups excluding carboxylic acids is 1. The topological polar surface area (TPSA) is 17.1 Å². The zero-order valence-corrected chi connectivity index (χ0v) is 7.56. The van der Waals surface area contributed by atoms with Crippen LogP contribution in [0.15, 0.2) is 24.8 Å². The Morgan fingerprint density at radius 3 is 2.75 bits per heavy atom. The van der Waals surface area contributed by atoms with E-state index in [9.17, 15) is 4.79 Å². The van der Waals surface area contributed by atoms with Crippen molar-refractivity contribution in [3.63, 3.8) is 0 Å². The van der Waals surface area contributed by atoms with E-state index in [0.717, 1.165) is 5.56 Å². The van der Waals surface area contributed by atoms with Gasteiger partial charge in [-0.3, -0.25) is 4.79 Å². The predicted octanol–water partition coefficient (Wildman–Crippen LogP) is 3.19. The van der Waals surface area contributed by atoms with E-state index in [-0.39, 0.29) is 5.78 Å². The first-order valence-electron chi connectivity index (χ1n) is 3.58. The van der Waals surface area contributed by atoms with E-state index in [2.05, 4.69) is 6.58 Å². The third-order valence-electron chi connectivity index (χ3n) is 1.61. The molecular weight excluding hydrogens is 172 g/mol. The summed E-state index contributed by atoms with van der Waals surface area (Å²) < 4.78 is 0. The Morgan fingerprint density at radius 1 is 1.58 bits per heavy atom. The van der Waals surface area contributed by atoms with Crippen molar-refractivity contribution in [2.24, 2.45) is 0 Å². The van der Waals surface area contributed by atoms with Gasteiger partial charge in [0.05, 0.1) is 0 Å². The van der Waals surface area contributed by atoms with Gasteiger partial charge in [-0.05, 0) is 24.6 Å². The van der Waals surface area contributed by atoms with Crippen molar-refractivity contribution in [2.75, 3.05) is 0 Å². The number of Topliss-reactive ketones (excluding diaryl/α,β-unsaturated/α-hetero) is 1. The van der Waals surface area contributed by atoms with E-state index >= 15 is 0 Å². The molecule has 2 heteroatoms. The molecule has 62 valence electrons. The Morgan fingerprint density at radius 2 is 2.25 bits per heavy atom. The van der Waals surface area contributed by atoms with Gasteiger partial charge >= 0.3 is 0 Å². The molecule has 0 saturated carbocycles. The maximum absolute atomic E-state index is 11.1. The van der Waals surface area contributed by atoms with Crippen LogP contribution in [-0.2, 0) is 0 Å². The summed E-state index contributed by atoms with van der Waals surface area (Å²) in [6.45, 7) is 5.12. The second kappa shape index (κ2) is 3.55. The summed E-state index contributed by atoms with van der Waals surface area (Å²) in [5.41, 5.74) is 1.45. The van der Waals surface area contributed by atoms with Crippen LogP contribution in [0.4, 0.5) is 0 Å². The first-order valence-corrected chi connectivity index (χ1v) is 3.96.